The molecular weight excluding hydrogens is 438 g/mol. The Morgan fingerprint density at radius 1 is 1.00 bits per heavy atom. The number of anilines is 3. The Labute approximate surface area is 197 Å². The average molecular weight is 466 g/mol. The zero-order valence-corrected chi connectivity index (χ0v) is 19.5. The largest absolute Gasteiger partial charge is 0.497 e. The molecule has 33 heavy (non-hydrogen) atoms. The van der Waals surface area contributed by atoms with Crippen LogP contribution in [-0.4, -0.2) is 55.1 Å². The van der Waals surface area contributed by atoms with E-state index < -0.39 is 0 Å². The van der Waals surface area contributed by atoms with Crippen LogP contribution in [0.15, 0.2) is 53.9 Å². The molecule has 2 N–H and O–H groups in total. The average Bonchev–Trinajstić information content (AvgIpc) is 3.27. The van der Waals surface area contributed by atoms with E-state index in [2.05, 4.69) is 20.5 Å². The summed E-state index contributed by atoms with van der Waals surface area (Å²) in [6.45, 7) is 4.88. The summed E-state index contributed by atoms with van der Waals surface area (Å²) in [5, 5.41) is 7.78. The number of carbonyl (C=O) groups is 2. The van der Waals surface area contributed by atoms with Crippen LogP contribution in [0.4, 0.5) is 21.3 Å². The third-order valence-corrected chi connectivity index (χ3v) is 6.29. The van der Waals surface area contributed by atoms with Gasteiger partial charge in [0.15, 0.2) is 5.13 Å². The number of aryl methyl sites for hydroxylation is 1. The minimum Gasteiger partial charge on any atom is -0.497 e. The lowest BCUT2D eigenvalue weighted by molar-refractivity contribution is -0.130. The minimum atomic E-state index is -0.360. The maximum Gasteiger partial charge on any atom is 0.325 e. The van der Waals surface area contributed by atoms with Crippen molar-refractivity contribution in [1.82, 2.24) is 9.88 Å². The van der Waals surface area contributed by atoms with E-state index in [9.17, 15) is 9.59 Å². The molecule has 0 aliphatic carbocycles. The Bertz CT molecular complexity index is 1090. The highest BCUT2D eigenvalue weighted by Crippen LogP contribution is 2.21. The first kappa shape index (κ1) is 22.6. The van der Waals surface area contributed by atoms with E-state index in [4.69, 9.17) is 4.74 Å². The van der Waals surface area contributed by atoms with E-state index in [0.717, 1.165) is 30.1 Å². The van der Waals surface area contributed by atoms with Gasteiger partial charge in [0.2, 0.25) is 5.91 Å². The summed E-state index contributed by atoms with van der Waals surface area (Å²) in [4.78, 5) is 33.5. The number of methoxy groups -OCH3 is 1. The molecule has 0 unspecified atom stereocenters. The molecule has 0 bridgehead atoms. The van der Waals surface area contributed by atoms with Crippen LogP contribution < -0.4 is 20.3 Å². The molecule has 8 nitrogen and oxygen atoms in total. The van der Waals surface area contributed by atoms with Crippen LogP contribution in [0.2, 0.25) is 0 Å². The number of hydrogen-bond acceptors (Lipinski definition) is 6. The van der Waals surface area contributed by atoms with Crippen molar-refractivity contribution in [3.63, 3.8) is 0 Å². The number of piperazine rings is 1. The molecule has 3 aromatic rings. The highest BCUT2D eigenvalue weighted by molar-refractivity contribution is 7.14. The van der Waals surface area contributed by atoms with Crippen LogP contribution >= 0.6 is 11.3 Å². The monoisotopic (exact) mass is 465 g/mol. The van der Waals surface area contributed by atoms with Gasteiger partial charge in [-0.3, -0.25) is 10.1 Å². The summed E-state index contributed by atoms with van der Waals surface area (Å²) < 4.78 is 5.21. The molecule has 1 aliphatic heterocycles. The van der Waals surface area contributed by atoms with Gasteiger partial charge in [-0.25, -0.2) is 9.78 Å². The van der Waals surface area contributed by atoms with Gasteiger partial charge < -0.3 is 19.9 Å². The van der Waals surface area contributed by atoms with Gasteiger partial charge in [-0.2, -0.15) is 0 Å². The number of nitrogens with one attached hydrogen (secondary N) is 2. The Morgan fingerprint density at radius 3 is 2.36 bits per heavy atom. The van der Waals surface area contributed by atoms with Crippen molar-refractivity contribution in [3.05, 3.63) is 65.2 Å². The maximum atomic E-state index is 12.8. The molecular formula is C24H27N5O3S. The van der Waals surface area contributed by atoms with Gasteiger partial charge >= 0.3 is 6.03 Å². The second-order valence-corrected chi connectivity index (χ2v) is 8.69. The van der Waals surface area contributed by atoms with E-state index in [-0.39, 0.29) is 18.4 Å². The molecule has 1 aromatic heterocycles. The van der Waals surface area contributed by atoms with Gasteiger partial charge in [-0.05, 0) is 43.3 Å². The Hall–Kier alpha value is -3.59. The number of nitrogens with zero attached hydrogens (tertiary/aromatic N) is 3. The Balaban J connectivity index is 1.24. The van der Waals surface area contributed by atoms with Crippen molar-refractivity contribution >= 4 is 39.8 Å². The third-order valence-electron chi connectivity index (χ3n) is 5.48. The number of thiazole rings is 1. The van der Waals surface area contributed by atoms with Crippen molar-refractivity contribution in [1.29, 1.82) is 0 Å². The van der Waals surface area contributed by atoms with Gasteiger partial charge in [-0.15, -0.1) is 11.3 Å². The number of carbonyl (C=O) groups excluding carboxylic acids is 2. The number of ether oxygens (including phenoxy) is 1. The highest BCUT2D eigenvalue weighted by atomic mass is 32.1. The number of benzene rings is 2. The number of aromatic nitrogens is 1. The fourth-order valence-corrected chi connectivity index (χ4v) is 4.32. The van der Waals surface area contributed by atoms with E-state index >= 15 is 0 Å². The molecule has 9 heteroatoms. The smallest absolute Gasteiger partial charge is 0.325 e. The molecule has 0 saturated carbocycles. The summed E-state index contributed by atoms with van der Waals surface area (Å²) in [6, 6.07) is 15.2. The van der Waals surface area contributed by atoms with Gasteiger partial charge in [0, 0.05) is 42.9 Å². The van der Waals surface area contributed by atoms with Crippen molar-refractivity contribution in [2.75, 3.05) is 48.8 Å². The molecule has 2 heterocycles. The number of amides is 3. The first-order valence-electron chi connectivity index (χ1n) is 10.8. The minimum absolute atomic E-state index is 0.0466. The first-order chi connectivity index (χ1) is 16.0. The predicted molar refractivity (Wildman–Crippen MR) is 131 cm³/mol. The van der Waals surface area contributed by atoms with Crippen LogP contribution in [0.1, 0.15) is 11.3 Å². The van der Waals surface area contributed by atoms with Gasteiger partial charge in [0.25, 0.3) is 0 Å². The molecule has 0 spiro atoms. The lowest BCUT2D eigenvalue weighted by atomic mass is 10.2. The number of urea groups is 1. The Morgan fingerprint density at radius 2 is 1.70 bits per heavy atom. The Kier molecular flexibility index (Phi) is 7.09. The lowest BCUT2D eigenvalue weighted by Gasteiger charge is -2.36. The van der Waals surface area contributed by atoms with Gasteiger partial charge in [0.1, 0.15) is 5.75 Å². The number of rotatable bonds is 6. The molecule has 4 rings (SSSR count). The molecule has 0 atom stereocenters. The molecule has 0 radical (unpaired) electrons. The second-order valence-electron chi connectivity index (χ2n) is 7.83. The third kappa shape index (κ3) is 6.01. The van der Waals surface area contributed by atoms with Crippen molar-refractivity contribution in [2.45, 2.75) is 13.3 Å². The quantitative estimate of drug-likeness (QED) is 0.575. The maximum absolute atomic E-state index is 12.8. The standard InChI is InChI=1S/C24H27N5O3S/c1-17-3-5-18(6-4-17)25-23(31)27-24-26-19(16-33-24)15-22(30)29-13-11-28(12-14-29)20-7-9-21(32-2)10-8-20/h3-10,16H,11-15H2,1-2H3,(H2,25,26,27,31). The molecule has 2 aromatic carbocycles. The van der Waals surface area contributed by atoms with E-state index in [0.29, 0.717) is 29.6 Å². The van der Waals surface area contributed by atoms with Gasteiger partial charge in [0.05, 0.1) is 19.2 Å². The second kappa shape index (κ2) is 10.4. The fraction of sp³-hybridized carbons (Fsp3) is 0.292. The van der Waals surface area contributed by atoms with Crippen LogP contribution in [0.25, 0.3) is 0 Å². The lowest BCUT2D eigenvalue weighted by Crippen LogP contribution is -2.49. The van der Waals surface area contributed by atoms with Crippen molar-refractivity contribution < 1.29 is 14.3 Å². The van der Waals surface area contributed by atoms with Crippen LogP contribution in [0.5, 0.6) is 5.75 Å². The van der Waals surface area contributed by atoms with Crippen LogP contribution in [0, 0.1) is 6.92 Å². The van der Waals surface area contributed by atoms with Gasteiger partial charge in [-0.1, -0.05) is 17.7 Å². The molecule has 1 fully saturated rings. The van der Waals surface area contributed by atoms with Crippen molar-refractivity contribution in [3.8, 4) is 5.75 Å². The zero-order valence-electron chi connectivity index (χ0n) is 18.7. The summed E-state index contributed by atoms with van der Waals surface area (Å²) in [5.41, 5.74) is 3.62. The van der Waals surface area contributed by atoms with E-state index in [1.807, 2.05) is 65.7 Å². The highest BCUT2D eigenvalue weighted by Gasteiger charge is 2.22. The SMILES string of the molecule is COc1ccc(N2CCN(C(=O)Cc3csc(NC(=O)Nc4ccc(C)cc4)n3)CC2)cc1. The normalized spacial score (nSPS) is 13.5. The van der Waals surface area contributed by atoms with E-state index in [1.54, 1.807) is 7.11 Å². The van der Waals surface area contributed by atoms with Crippen LogP contribution in [0.3, 0.4) is 0 Å². The summed E-state index contributed by atoms with van der Waals surface area (Å²) >= 11 is 1.31. The number of hydrogen-bond donors (Lipinski definition) is 2. The molecule has 1 saturated heterocycles. The predicted octanol–water partition coefficient (Wildman–Crippen LogP) is 4.00. The molecule has 1 aliphatic rings. The first-order valence-corrected chi connectivity index (χ1v) is 11.6. The summed E-state index contributed by atoms with van der Waals surface area (Å²) in [5.74, 6) is 0.877. The molecule has 3 amide bonds. The summed E-state index contributed by atoms with van der Waals surface area (Å²) in [7, 11) is 1.65. The summed E-state index contributed by atoms with van der Waals surface area (Å²) in [6.07, 6.45) is 0.223. The van der Waals surface area contributed by atoms with Crippen molar-refractivity contribution in [2.24, 2.45) is 0 Å². The van der Waals surface area contributed by atoms with E-state index in [1.165, 1.54) is 11.3 Å². The zero-order chi connectivity index (χ0) is 23.2. The topological polar surface area (TPSA) is 86.8 Å². The van der Waals surface area contributed by atoms with Crippen LogP contribution in [-0.2, 0) is 11.2 Å². The molecule has 172 valence electrons. The fourth-order valence-electron chi connectivity index (χ4n) is 3.62.